The summed E-state index contributed by atoms with van der Waals surface area (Å²) in [6.45, 7) is 0. The molecule has 0 saturated heterocycles. The third kappa shape index (κ3) is 2.67. The van der Waals surface area contributed by atoms with Crippen LogP contribution in [0.25, 0.3) is 0 Å². The normalized spacial score (nSPS) is 12.6. The maximum Gasteiger partial charge on any atom is 0.0823 e. The average molecular weight is 217 g/mol. The van der Waals surface area contributed by atoms with Gasteiger partial charge in [0.05, 0.1) is 12.3 Å². The fourth-order valence-electron chi connectivity index (χ4n) is 1.63. The van der Waals surface area contributed by atoms with Gasteiger partial charge in [-0.05, 0) is 30.5 Å². The summed E-state index contributed by atoms with van der Waals surface area (Å²) in [4.78, 5) is 3.96. The van der Waals surface area contributed by atoms with Crippen molar-refractivity contribution in [2.75, 3.05) is 0 Å². The molecule has 0 fully saturated rings. The number of hydrogen-bond acceptors (Lipinski definition) is 3. The first-order valence-corrected chi connectivity index (χ1v) is 5.31. The Bertz CT molecular complexity index is 439. The minimum absolute atomic E-state index is 0.443. The van der Waals surface area contributed by atoms with Crippen molar-refractivity contribution in [3.8, 4) is 0 Å². The molecule has 0 saturated carbocycles. The van der Waals surface area contributed by atoms with Gasteiger partial charge in [0.1, 0.15) is 0 Å². The Morgan fingerprint density at radius 1 is 1.38 bits per heavy atom. The molecule has 4 heteroatoms. The molecule has 1 N–H and O–H groups in total. The van der Waals surface area contributed by atoms with Crippen molar-refractivity contribution in [2.24, 2.45) is 7.05 Å². The molecule has 0 aliphatic carbocycles. The van der Waals surface area contributed by atoms with Crippen LogP contribution in [-0.2, 0) is 13.5 Å². The largest absolute Gasteiger partial charge is 0.388 e. The van der Waals surface area contributed by atoms with Crippen LogP contribution in [0.3, 0.4) is 0 Å². The molecule has 0 aliphatic heterocycles. The average Bonchev–Trinajstić information content (AvgIpc) is 2.74. The Morgan fingerprint density at radius 2 is 2.12 bits per heavy atom. The number of aliphatic hydroxyl groups is 1. The van der Waals surface area contributed by atoms with Crippen LogP contribution >= 0.6 is 0 Å². The van der Waals surface area contributed by atoms with Crippen LogP contribution < -0.4 is 0 Å². The maximum atomic E-state index is 9.93. The third-order valence-corrected chi connectivity index (χ3v) is 2.57. The molecule has 16 heavy (non-hydrogen) atoms. The van der Waals surface area contributed by atoms with E-state index in [0.29, 0.717) is 6.42 Å². The van der Waals surface area contributed by atoms with Crippen molar-refractivity contribution in [3.05, 3.63) is 48.0 Å². The van der Waals surface area contributed by atoms with Gasteiger partial charge in [-0.1, -0.05) is 0 Å². The number of pyridine rings is 1. The monoisotopic (exact) mass is 217 g/mol. The molecule has 0 radical (unpaired) electrons. The minimum atomic E-state index is -0.443. The quantitative estimate of drug-likeness (QED) is 0.844. The lowest BCUT2D eigenvalue weighted by Gasteiger charge is -2.07. The maximum absolute atomic E-state index is 9.93. The Morgan fingerprint density at radius 3 is 2.75 bits per heavy atom. The first-order valence-electron chi connectivity index (χ1n) is 5.31. The fourth-order valence-corrected chi connectivity index (χ4v) is 1.63. The van der Waals surface area contributed by atoms with Gasteiger partial charge in [0.15, 0.2) is 0 Å². The lowest BCUT2D eigenvalue weighted by atomic mass is 10.0. The van der Waals surface area contributed by atoms with Crippen LogP contribution in [-0.4, -0.2) is 19.9 Å². The SMILES string of the molecule is Cn1cc(C(O)CCc2ccncc2)cn1. The summed E-state index contributed by atoms with van der Waals surface area (Å²) in [6.07, 6.45) is 8.20. The van der Waals surface area contributed by atoms with Gasteiger partial charge in [0.2, 0.25) is 0 Å². The topological polar surface area (TPSA) is 50.9 Å². The van der Waals surface area contributed by atoms with Gasteiger partial charge in [0.25, 0.3) is 0 Å². The number of aryl methyl sites for hydroxylation is 2. The molecule has 2 aromatic heterocycles. The summed E-state index contributed by atoms with van der Waals surface area (Å²) in [5, 5.41) is 14.0. The van der Waals surface area contributed by atoms with E-state index in [2.05, 4.69) is 10.1 Å². The summed E-state index contributed by atoms with van der Waals surface area (Å²) in [5.41, 5.74) is 2.06. The summed E-state index contributed by atoms with van der Waals surface area (Å²) in [7, 11) is 1.85. The molecule has 0 bridgehead atoms. The second-order valence-electron chi connectivity index (χ2n) is 3.86. The van der Waals surface area contributed by atoms with E-state index >= 15 is 0 Å². The van der Waals surface area contributed by atoms with Crippen molar-refractivity contribution >= 4 is 0 Å². The Balaban J connectivity index is 1.91. The molecule has 1 unspecified atom stereocenters. The highest BCUT2D eigenvalue weighted by atomic mass is 16.3. The second-order valence-corrected chi connectivity index (χ2v) is 3.86. The standard InChI is InChI=1S/C12H15N3O/c1-15-9-11(8-14-15)12(16)3-2-10-4-6-13-7-5-10/h4-9,12,16H,2-3H2,1H3. The number of rotatable bonds is 4. The number of aromatic nitrogens is 3. The Labute approximate surface area is 94.6 Å². The van der Waals surface area contributed by atoms with E-state index in [4.69, 9.17) is 0 Å². The van der Waals surface area contributed by atoms with Crippen LogP contribution in [0, 0.1) is 0 Å². The fraction of sp³-hybridized carbons (Fsp3) is 0.333. The van der Waals surface area contributed by atoms with Crippen LogP contribution in [0.4, 0.5) is 0 Å². The van der Waals surface area contributed by atoms with E-state index in [1.165, 1.54) is 5.56 Å². The predicted octanol–water partition coefficient (Wildman–Crippen LogP) is 1.48. The number of aliphatic hydroxyl groups excluding tert-OH is 1. The van der Waals surface area contributed by atoms with E-state index in [-0.39, 0.29) is 0 Å². The molecule has 2 aromatic rings. The third-order valence-electron chi connectivity index (χ3n) is 2.57. The van der Waals surface area contributed by atoms with Crippen molar-refractivity contribution in [1.29, 1.82) is 0 Å². The highest BCUT2D eigenvalue weighted by Gasteiger charge is 2.09. The molecular weight excluding hydrogens is 202 g/mol. The molecule has 2 rings (SSSR count). The van der Waals surface area contributed by atoms with Gasteiger partial charge in [-0.15, -0.1) is 0 Å². The highest BCUT2D eigenvalue weighted by Crippen LogP contribution is 2.17. The number of hydrogen-bond donors (Lipinski definition) is 1. The zero-order valence-corrected chi connectivity index (χ0v) is 9.24. The van der Waals surface area contributed by atoms with Gasteiger partial charge in [-0.2, -0.15) is 5.10 Å². The van der Waals surface area contributed by atoms with Gasteiger partial charge in [-0.25, -0.2) is 0 Å². The van der Waals surface area contributed by atoms with Crippen LogP contribution in [0.1, 0.15) is 23.7 Å². The molecular formula is C12H15N3O. The Hall–Kier alpha value is -1.68. The van der Waals surface area contributed by atoms with Crippen molar-refractivity contribution < 1.29 is 5.11 Å². The van der Waals surface area contributed by atoms with E-state index in [9.17, 15) is 5.11 Å². The van der Waals surface area contributed by atoms with Gasteiger partial charge in [-0.3, -0.25) is 9.67 Å². The molecule has 4 nitrogen and oxygen atoms in total. The molecule has 0 spiro atoms. The summed E-state index contributed by atoms with van der Waals surface area (Å²) in [5.74, 6) is 0. The van der Waals surface area contributed by atoms with Crippen molar-refractivity contribution in [2.45, 2.75) is 18.9 Å². The summed E-state index contributed by atoms with van der Waals surface area (Å²) < 4.78 is 1.70. The first-order chi connectivity index (χ1) is 7.75. The lowest BCUT2D eigenvalue weighted by Crippen LogP contribution is -1.98. The minimum Gasteiger partial charge on any atom is -0.388 e. The highest BCUT2D eigenvalue weighted by molar-refractivity contribution is 5.12. The molecule has 2 heterocycles. The van der Waals surface area contributed by atoms with Gasteiger partial charge < -0.3 is 5.11 Å². The van der Waals surface area contributed by atoms with E-state index in [1.54, 1.807) is 23.3 Å². The summed E-state index contributed by atoms with van der Waals surface area (Å²) in [6, 6.07) is 3.94. The van der Waals surface area contributed by atoms with E-state index in [1.807, 2.05) is 25.4 Å². The first kappa shape index (κ1) is 10.8. The molecule has 0 aliphatic rings. The molecule has 1 atom stereocenters. The zero-order chi connectivity index (χ0) is 11.4. The van der Waals surface area contributed by atoms with E-state index in [0.717, 1.165) is 12.0 Å². The van der Waals surface area contributed by atoms with Crippen molar-refractivity contribution in [1.82, 2.24) is 14.8 Å². The molecule has 0 amide bonds. The van der Waals surface area contributed by atoms with E-state index < -0.39 is 6.10 Å². The van der Waals surface area contributed by atoms with Gasteiger partial charge in [0, 0.05) is 31.2 Å². The van der Waals surface area contributed by atoms with Crippen LogP contribution in [0.15, 0.2) is 36.9 Å². The smallest absolute Gasteiger partial charge is 0.0823 e. The van der Waals surface area contributed by atoms with Crippen molar-refractivity contribution in [3.63, 3.8) is 0 Å². The zero-order valence-electron chi connectivity index (χ0n) is 9.24. The number of nitrogens with zero attached hydrogens (tertiary/aromatic N) is 3. The second kappa shape index (κ2) is 4.90. The van der Waals surface area contributed by atoms with Crippen LogP contribution in [0.5, 0.6) is 0 Å². The summed E-state index contributed by atoms with van der Waals surface area (Å²) >= 11 is 0. The predicted molar refractivity (Wildman–Crippen MR) is 60.7 cm³/mol. The lowest BCUT2D eigenvalue weighted by molar-refractivity contribution is 0.168. The van der Waals surface area contributed by atoms with Crippen LogP contribution in [0.2, 0.25) is 0 Å². The Kier molecular flexibility index (Phi) is 3.31. The molecule has 0 aromatic carbocycles. The van der Waals surface area contributed by atoms with Gasteiger partial charge >= 0.3 is 0 Å². The molecule has 84 valence electrons.